The zero-order valence-corrected chi connectivity index (χ0v) is 9.07. The molecule has 1 amide bonds. The Balaban J connectivity index is 1.84. The molecule has 1 atom stereocenters. The number of aromatic hydroxyl groups is 1. The van der Waals surface area contributed by atoms with Crippen LogP contribution in [0.25, 0.3) is 0 Å². The molecule has 1 heterocycles. The lowest BCUT2D eigenvalue weighted by Crippen LogP contribution is -2.18. The molecule has 3 N–H and O–H groups in total. The number of amides is 1. The van der Waals surface area contributed by atoms with E-state index in [0.29, 0.717) is 12.3 Å². The molecule has 2 rings (SSSR count). The van der Waals surface area contributed by atoms with Crippen LogP contribution in [0.5, 0.6) is 5.75 Å². The van der Waals surface area contributed by atoms with E-state index in [0.717, 1.165) is 25.2 Å². The van der Waals surface area contributed by atoms with Gasteiger partial charge in [-0.15, -0.1) is 0 Å². The van der Waals surface area contributed by atoms with Crippen molar-refractivity contribution in [1.82, 2.24) is 5.32 Å². The van der Waals surface area contributed by atoms with Gasteiger partial charge in [0.05, 0.1) is 0 Å². The van der Waals surface area contributed by atoms with Crippen LogP contribution in [0.1, 0.15) is 12.8 Å². The second kappa shape index (κ2) is 4.99. The van der Waals surface area contributed by atoms with Gasteiger partial charge in [0.15, 0.2) is 0 Å². The van der Waals surface area contributed by atoms with Crippen molar-refractivity contribution in [2.75, 3.05) is 18.4 Å². The van der Waals surface area contributed by atoms with Crippen LogP contribution in [0.2, 0.25) is 0 Å². The Hall–Kier alpha value is -1.55. The number of phenolic OH excluding ortho intramolecular Hbond substituents is 1. The lowest BCUT2D eigenvalue weighted by molar-refractivity contribution is -0.116. The molecule has 1 aromatic carbocycles. The molecule has 0 bridgehead atoms. The maximum absolute atomic E-state index is 11.7. The van der Waals surface area contributed by atoms with E-state index in [1.807, 2.05) is 0 Å². The fraction of sp³-hybridized carbons (Fsp3) is 0.417. The third-order valence-corrected chi connectivity index (χ3v) is 2.79. The predicted molar refractivity (Wildman–Crippen MR) is 62.3 cm³/mol. The summed E-state index contributed by atoms with van der Waals surface area (Å²) in [4.78, 5) is 11.7. The monoisotopic (exact) mass is 220 g/mol. The molecule has 0 radical (unpaired) electrons. The van der Waals surface area contributed by atoms with Crippen LogP contribution in [-0.2, 0) is 4.79 Å². The molecule has 4 heteroatoms. The van der Waals surface area contributed by atoms with Crippen molar-refractivity contribution in [3.8, 4) is 5.75 Å². The number of hydrogen-bond acceptors (Lipinski definition) is 3. The summed E-state index contributed by atoms with van der Waals surface area (Å²) in [5, 5.41) is 15.2. The number of carbonyl (C=O) groups is 1. The Bertz CT molecular complexity index is 356. The van der Waals surface area contributed by atoms with Crippen LogP contribution in [0.4, 0.5) is 5.69 Å². The van der Waals surface area contributed by atoms with Crippen molar-refractivity contribution in [3.05, 3.63) is 24.3 Å². The van der Waals surface area contributed by atoms with E-state index in [2.05, 4.69) is 10.6 Å². The minimum absolute atomic E-state index is 0.0411. The fourth-order valence-electron chi connectivity index (χ4n) is 1.91. The highest BCUT2D eigenvalue weighted by molar-refractivity contribution is 5.90. The van der Waals surface area contributed by atoms with Gasteiger partial charge in [0.25, 0.3) is 0 Å². The number of rotatable bonds is 3. The van der Waals surface area contributed by atoms with Gasteiger partial charge < -0.3 is 15.7 Å². The predicted octanol–water partition coefficient (Wildman–Crippen LogP) is 1.33. The molecule has 1 saturated heterocycles. The van der Waals surface area contributed by atoms with Gasteiger partial charge >= 0.3 is 0 Å². The van der Waals surface area contributed by atoms with E-state index in [-0.39, 0.29) is 11.7 Å². The average Bonchev–Trinajstić information content (AvgIpc) is 2.74. The summed E-state index contributed by atoms with van der Waals surface area (Å²) in [5.74, 6) is 0.703. The first-order valence-corrected chi connectivity index (χ1v) is 5.53. The van der Waals surface area contributed by atoms with Gasteiger partial charge in [-0.1, -0.05) is 0 Å². The van der Waals surface area contributed by atoms with E-state index < -0.39 is 0 Å². The molecule has 86 valence electrons. The van der Waals surface area contributed by atoms with Crippen molar-refractivity contribution in [3.63, 3.8) is 0 Å². The molecule has 1 unspecified atom stereocenters. The summed E-state index contributed by atoms with van der Waals surface area (Å²) in [6.07, 6.45) is 1.64. The van der Waals surface area contributed by atoms with Gasteiger partial charge in [0.1, 0.15) is 5.75 Å². The van der Waals surface area contributed by atoms with Crippen LogP contribution in [0.15, 0.2) is 24.3 Å². The highest BCUT2D eigenvalue weighted by Crippen LogP contribution is 2.16. The Morgan fingerprint density at radius 2 is 2.19 bits per heavy atom. The molecule has 0 aliphatic carbocycles. The second-order valence-corrected chi connectivity index (χ2v) is 4.16. The molecule has 1 aromatic rings. The van der Waals surface area contributed by atoms with Gasteiger partial charge in [-0.25, -0.2) is 0 Å². The molecule has 4 nitrogen and oxygen atoms in total. The van der Waals surface area contributed by atoms with E-state index in [1.165, 1.54) is 0 Å². The fourth-order valence-corrected chi connectivity index (χ4v) is 1.91. The third kappa shape index (κ3) is 2.97. The maximum atomic E-state index is 11.7. The maximum Gasteiger partial charge on any atom is 0.224 e. The summed E-state index contributed by atoms with van der Waals surface area (Å²) in [5.41, 5.74) is 0.730. The highest BCUT2D eigenvalue weighted by Gasteiger charge is 2.17. The number of carbonyl (C=O) groups excluding carboxylic acids is 1. The van der Waals surface area contributed by atoms with Crippen LogP contribution >= 0.6 is 0 Å². The molecular weight excluding hydrogens is 204 g/mol. The van der Waals surface area contributed by atoms with Gasteiger partial charge in [-0.2, -0.15) is 0 Å². The third-order valence-electron chi connectivity index (χ3n) is 2.79. The number of anilines is 1. The summed E-state index contributed by atoms with van der Waals surface area (Å²) in [6, 6.07) is 6.51. The lowest BCUT2D eigenvalue weighted by atomic mass is 10.0. The van der Waals surface area contributed by atoms with Crippen LogP contribution in [-0.4, -0.2) is 24.1 Å². The standard InChI is InChI=1S/C12H16N2O2/c15-11-3-1-10(2-4-11)14-12(16)7-9-5-6-13-8-9/h1-4,9,13,15H,5-8H2,(H,14,16). The van der Waals surface area contributed by atoms with Crippen molar-refractivity contribution >= 4 is 11.6 Å². The topological polar surface area (TPSA) is 61.4 Å². The SMILES string of the molecule is O=C(CC1CCNC1)Nc1ccc(O)cc1. The molecule has 0 saturated carbocycles. The largest absolute Gasteiger partial charge is 0.508 e. The zero-order valence-electron chi connectivity index (χ0n) is 9.07. The zero-order chi connectivity index (χ0) is 11.4. The minimum atomic E-state index is 0.0411. The molecule has 1 fully saturated rings. The van der Waals surface area contributed by atoms with Gasteiger partial charge in [-0.05, 0) is 49.7 Å². The van der Waals surface area contributed by atoms with Crippen molar-refractivity contribution in [2.45, 2.75) is 12.8 Å². The smallest absolute Gasteiger partial charge is 0.224 e. The Kier molecular flexibility index (Phi) is 3.41. The highest BCUT2D eigenvalue weighted by atomic mass is 16.3. The molecule has 1 aliphatic rings. The average molecular weight is 220 g/mol. The summed E-state index contributed by atoms with van der Waals surface area (Å²) >= 11 is 0. The number of phenols is 1. The Morgan fingerprint density at radius 1 is 1.44 bits per heavy atom. The van der Waals surface area contributed by atoms with E-state index in [1.54, 1.807) is 24.3 Å². The van der Waals surface area contributed by atoms with Gasteiger partial charge in [0, 0.05) is 12.1 Å². The minimum Gasteiger partial charge on any atom is -0.508 e. The van der Waals surface area contributed by atoms with Gasteiger partial charge in [-0.3, -0.25) is 4.79 Å². The molecule has 0 aromatic heterocycles. The van der Waals surface area contributed by atoms with Crippen LogP contribution in [0, 0.1) is 5.92 Å². The summed E-state index contributed by atoms with van der Waals surface area (Å²) in [7, 11) is 0. The summed E-state index contributed by atoms with van der Waals surface area (Å²) in [6.45, 7) is 1.94. The van der Waals surface area contributed by atoms with Crippen molar-refractivity contribution < 1.29 is 9.90 Å². The lowest BCUT2D eigenvalue weighted by Gasteiger charge is -2.09. The van der Waals surface area contributed by atoms with Crippen molar-refractivity contribution in [2.24, 2.45) is 5.92 Å². The molecular formula is C12H16N2O2. The second-order valence-electron chi connectivity index (χ2n) is 4.16. The van der Waals surface area contributed by atoms with Crippen molar-refractivity contribution in [1.29, 1.82) is 0 Å². The van der Waals surface area contributed by atoms with Crippen LogP contribution < -0.4 is 10.6 Å². The first kappa shape index (κ1) is 11.0. The van der Waals surface area contributed by atoms with Gasteiger partial charge in [0.2, 0.25) is 5.91 Å². The Labute approximate surface area is 94.7 Å². The quantitative estimate of drug-likeness (QED) is 0.673. The van der Waals surface area contributed by atoms with E-state index >= 15 is 0 Å². The molecule has 16 heavy (non-hydrogen) atoms. The van der Waals surface area contributed by atoms with Crippen LogP contribution in [0.3, 0.4) is 0 Å². The summed E-state index contributed by atoms with van der Waals surface area (Å²) < 4.78 is 0. The number of benzene rings is 1. The van der Waals surface area contributed by atoms with E-state index in [9.17, 15) is 4.79 Å². The first-order valence-electron chi connectivity index (χ1n) is 5.53. The molecule has 0 spiro atoms. The number of hydrogen-bond donors (Lipinski definition) is 3. The number of nitrogens with one attached hydrogen (secondary N) is 2. The van der Waals surface area contributed by atoms with E-state index in [4.69, 9.17) is 5.11 Å². The first-order chi connectivity index (χ1) is 7.74. The Morgan fingerprint density at radius 3 is 2.81 bits per heavy atom. The normalized spacial score (nSPS) is 19.6. The molecule has 1 aliphatic heterocycles.